The van der Waals surface area contributed by atoms with Crippen molar-refractivity contribution in [3.63, 3.8) is 0 Å². The highest BCUT2D eigenvalue weighted by molar-refractivity contribution is 9.10. The first-order valence-corrected chi connectivity index (χ1v) is 12.5. The Morgan fingerprint density at radius 2 is 1.91 bits per heavy atom. The van der Waals surface area contributed by atoms with Crippen molar-refractivity contribution < 1.29 is 0 Å². The number of hydrogen-bond acceptors (Lipinski definition) is 4. The van der Waals surface area contributed by atoms with E-state index in [1.807, 2.05) is 37.8 Å². The highest BCUT2D eigenvalue weighted by atomic mass is 79.9. The minimum Gasteiger partial charge on any atom is -0.313 e. The Hall–Kier alpha value is -1.60. The van der Waals surface area contributed by atoms with E-state index in [-0.39, 0.29) is 0 Å². The molecule has 7 heteroatoms. The molecule has 4 nitrogen and oxygen atoms in total. The van der Waals surface area contributed by atoms with Crippen LogP contribution < -0.4 is 5.32 Å². The Balaban J connectivity index is 0.000000230. The summed E-state index contributed by atoms with van der Waals surface area (Å²) in [5.74, 6) is 0. The Bertz CT molecular complexity index is 1100. The monoisotopic (exact) mass is 530 g/mol. The zero-order chi connectivity index (χ0) is 22.8. The first kappa shape index (κ1) is 23.6. The molecule has 1 fully saturated rings. The van der Waals surface area contributed by atoms with Crippen molar-refractivity contribution in [3.05, 3.63) is 79.3 Å². The van der Waals surface area contributed by atoms with E-state index in [1.165, 1.54) is 34.3 Å². The van der Waals surface area contributed by atoms with Crippen LogP contribution in [0.4, 0.5) is 0 Å². The first-order chi connectivity index (χ1) is 15.3. The number of aromatic nitrogens is 3. The molecule has 1 N–H and O–H groups in total. The number of rotatable bonds is 0. The summed E-state index contributed by atoms with van der Waals surface area (Å²) in [6.45, 7) is 6.01. The van der Waals surface area contributed by atoms with E-state index in [1.54, 1.807) is 0 Å². The molecule has 168 valence electrons. The average molecular weight is 532 g/mol. The fourth-order valence-electron chi connectivity index (χ4n) is 4.39. The quantitative estimate of drug-likeness (QED) is 0.344. The SMILES string of the molecule is Cc1nn(C)c(C)c1S.Clc1ccc2c(c1)CCc1cc(Br)cnc1/C2=C1/CCCNC1. The van der Waals surface area contributed by atoms with Gasteiger partial charge in [0.1, 0.15) is 0 Å². The average Bonchev–Trinajstić information content (AvgIpc) is 2.93. The highest BCUT2D eigenvalue weighted by Gasteiger charge is 2.23. The molecule has 0 atom stereocenters. The maximum Gasteiger partial charge on any atom is 0.0741 e. The van der Waals surface area contributed by atoms with Crippen LogP contribution in [0, 0.1) is 13.8 Å². The van der Waals surface area contributed by atoms with Gasteiger partial charge >= 0.3 is 0 Å². The number of benzene rings is 1. The highest BCUT2D eigenvalue weighted by Crippen LogP contribution is 2.37. The maximum atomic E-state index is 6.25. The Kier molecular flexibility index (Phi) is 7.45. The molecule has 0 spiro atoms. The zero-order valence-corrected chi connectivity index (χ0v) is 21.9. The van der Waals surface area contributed by atoms with Gasteiger partial charge in [-0.05, 0) is 102 Å². The van der Waals surface area contributed by atoms with E-state index in [0.717, 1.165) is 63.8 Å². The lowest BCUT2D eigenvalue weighted by Crippen LogP contribution is -2.25. The second-order valence-corrected chi connectivity index (χ2v) is 10.2. The number of hydrogen-bond donors (Lipinski definition) is 2. The lowest BCUT2D eigenvalue weighted by Gasteiger charge is -2.22. The second kappa shape index (κ2) is 10.1. The number of halogens is 2. The Morgan fingerprint density at radius 3 is 2.53 bits per heavy atom. The number of nitrogens with one attached hydrogen (secondary N) is 1. The van der Waals surface area contributed by atoms with Crippen molar-refractivity contribution in [3.8, 4) is 0 Å². The molecule has 0 amide bonds. The number of thiol groups is 1. The van der Waals surface area contributed by atoms with Gasteiger partial charge in [0.15, 0.2) is 0 Å². The normalized spacial score (nSPS) is 17.7. The van der Waals surface area contributed by atoms with E-state index in [4.69, 9.17) is 16.6 Å². The van der Waals surface area contributed by atoms with Crippen molar-refractivity contribution in [1.82, 2.24) is 20.1 Å². The van der Waals surface area contributed by atoms with Gasteiger partial charge in [0.2, 0.25) is 0 Å². The lowest BCUT2D eigenvalue weighted by atomic mass is 9.90. The number of nitrogens with zero attached hydrogens (tertiary/aromatic N) is 3. The molecule has 3 aromatic rings. The second-order valence-electron chi connectivity index (χ2n) is 8.36. The van der Waals surface area contributed by atoms with Crippen LogP contribution in [0.15, 0.2) is 45.4 Å². The van der Waals surface area contributed by atoms with Gasteiger partial charge in [-0.25, -0.2) is 0 Å². The number of aryl methyl sites for hydroxylation is 4. The molecule has 32 heavy (non-hydrogen) atoms. The molecular formula is C25H28BrClN4S. The summed E-state index contributed by atoms with van der Waals surface area (Å²) in [6, 6.07) is 8.51. The topological polar surface area (TPSA) is 42.7 Å². The van der Waals surface area contributed by atoms with Gasteiger partial charge < -0.3 is 5.32 Å². The summed E-state index contributed by atoms with van der Waals surface area (Å²) < 4.78 is 2.88. The van der Waals surface area contributed by atoms with Crippen LogP contribution in [-0.4, -0.2) is 27.9 Å². The van der Waals surface area contributed by atoms with Crippen molar-refractivity contribution >= 4 is 45.7 Å². The van der Waals surface area contributed by atoms with Gasteiger partial charge in [-0.2, -0.15) is 5.10 Å². The van der Waals surface area contributed by atoms with E-state index in [2.05, 4.69) is 57.2 Å². The number of pyridine rings is 1. The van der Waals surface area contributed by atoms with Crippen LogP contribution in [0.3, 0.4) is 0 Å². The van der Waals surface area contributed by atoms with Gasteiger partial charge in [-0.1, -0.05) is 17.7 Å². The Morgan fingerprint density at radius 1 is 1.12 bits per heavy atom. The van der Waals surface area contributed by atoms with Crippen LogP contribution in [0.5, 0.6) is 0 Å². The van der Waals surface area contributed by atoms with E-state index < -0.39 is 0 Å². The molecule has 0 saturated carbocycles. The van der Waals surface area contributed by atoms with Gasteiger partial charge in [0.05, 0.1) is 11.4 Å². The molecule has 1 aliphatic carbocycles. The van der Waals surface area contributed by atoms with Gasteiger partial charge in [-0.3, -0.25) is 9.67 Å². The molecule has 0 unspecified atom stereocenters. The van der Waals surface area contributed by atoms with E-state index >= 15 is 0 Å². The van der Waals surface area contributed by atoms with Crippen LogP contribution in [0.2, 0.25) is 5.02 Å². The smallest absolute Gasteiger partial charge is 0.0741 e. The van der Waals surface area contributed by atoms with Gasteiger partial charge in [0.25, 0.3) is 0 Å². The third-order valence-electron chi connectivity index (χ3n) is 6.17. The van der Waals surface area contributed by atoms with Gasteiger partial charge in [-0.15, -0.1) is 12.6 Å². The number of piperidine rings is 1. The standard InChI is InChI=1S/C19H18BrClN2.C6H10N2S/c20-15-8-13-4-3-12-9-16(21)5-6-17(12)18(19(13)23-11-15)14-2-1-7-22-10-14;1-4-6(9)5(2)8(3)7-4/h5-6,8-9,11,22H,1-4,7,10H2;9H,1-3H3/b18-14-;. The minimum absolute atomic E-state index is 0.815. The maximum absolute atomic E-state index is 6.25. The molecule has 3 heterocycles. The van der Waals surface area contributed by atoms with Crippen LogP contribution >= 0.6 is 40.2 Å². The fraction of sp³-hybridized carbons (Fsp3) is 0.360. The predicted molar refractivity (Wildman–Crippen MR) is 139 cm³/mol. The summed E-state index contributed by atoms with van der Waals surface area (Å²) in [6.07, 6.45) is 6.25. The summed E-state index contributed by atoms with van der Waals surface area (Å²) in [5, 5.41) is 8.48. The molecule has 2 aliphatic rings. The van der Waals surface area contributed by atoms with Crippen molar-refractivity contribution in [2.75, 3.05) is 13.1 Å². The molecule has 0 bridgehead atoms. The predicted octanol–water partition coefficient (Wildman–Crippen LogP) is 6.11. The summed E-state index contributed by atoms with van der Waals surface area (Å²) in [5.41, 5.74) is 10.0. The zero-order valence-electron chi connectivity index (χ0n) is 18.7. The molecule has 1 aromatic carbocycles. The molecule has 2 aromatic heterocycles. The fourth-order valence-corrected chi connectivity index (χ4v) is 5.16. The molecule has 5 rings (SSSR count). The minimum atomic E-state index is 0.815. The molecular weight excluding hydrogens is 504 g/mol. The Labute approximate surface area is 209 Å². The summed E-state index contributed by atoms with van der Waals surface area (Å²) in [4.78, 5) is 5.79. The number of fused-ring (bicyclic) bond motifs is 2. The third-order valence-corrected chi connectivity index (χ3v) is 7.48. The van der Waals surface area contributed by atoms with Gasteiger partial charge in [0, 0.05) is 45.4 Å². The first-order valence-electron chi connectivity index (χ1n) is 10.9. The van der Waals surface area contributed by atoms with E-state index in [9.17, 15) is 0 Å². The van der Waals surface area contributed by atoms with Crippen molar-refractivity contribution in [1.29, 1.82) is 0 Å². The van der Waals surface area contributed by atoms with Crippen LogP contribution in [0.25, 0.3) is 5.57 Å². The third kappa shape index (κ3) is 4.98. The molecule has 1 saturated heterocycles. The molecule has 0 radical (unpaired) electrons. The van der Waals surface area contributed by atoms with Crippen molar-refractivity contribution in [2.45, 2.75) is 44.4 Å². The lowest BCUT2D eigenvalue weighted by molar-refractivity contribution is 0.611. The van der Waals surface area contributed by atoms with E-state index in [0.29, 0.717) is 0 Å². The molecule has 1 aliphatic heterocycles. The van der Waals surface area contributed by atoms with Crippen molar-refractivity contribution in [2.24, 2.45) is 7.05 Å². The summed E-state index contributed by atoms with van der Waals surface area (Å²) in [7, 11) is 1.92. The van der Waals surface area contributed by atoms with Crippen LogP contribution in [-0.2, 0) is 19.9 Å². The van der Waals surface area contributed by atoms with Crippen LogP contribution in [0.1, 0.15) is 46.6 Å². The largest absolute Gasteiger partial charge is 0.313 e. The summed E-state index contributed by atoms with van der Waals surface area (Å²) >= 11 is 14.1.